The van der Waals surface area contributed by atoms with Gasteiger partial charge < -0.3 is 20.1 Å². The number of aliphatic hydroxyl groups excluding tert-OH is 1. The molecule has 0 atom stereocenters. The molecular formula is C27H32N6O2. The average Bonchev–Trinajstić information content (AvgIpc) is 2.88. The number of aliphatic hydroxyl groups is 1. The molecule has 0 saturated carbocycles. The molecule has 3 aromatic rings. The molecular weight excluding hydrogens is 440 g/mol. The number of β-amino-alcohol motifs (C(OH)–C–C–N with tert-alkyl or cyclic N) is 1. The number of hydrogen-bond acceptors (Lipinski definition) is 8. The average molecular weight is 473 g/mol. The number of piperazine rings is 1. The fourth-order valence-corrected chi connectivity index (χ4v) is 4.06. The smallest absolute Gasteiger partial charge is 0.227 e. The Labute approximate surface area is 206 Å². The SMILES string of the molecule is CC(C)COc1c(C#N)cccc1-c1ccnc(Nc2ccc(N3CCN(CCO)CC3)cc2)n1. The van der Waals surface area contributed by atoms with Gasteiger partial charge in [0.15, 0.2) is 0 Å². The van der Waals surface area contributed by atoms with Crippen molar-refractivity contribution in [2.45, 2.75) is 13.8 Å². The van der Waals surface area contributed by atoms with Gasteiger partial charge in [-0.15, -0.1) is 0 Å². The maximum absolute atomic E-state index is 9.57. The van der Waals surface area contributed by atoms with Crippen molar-refractivity contribution in [3.63, 3.8) is 0 Å². The highest BCUT2D eigenvalue weighted by Crippen LogP contribution is 2.33. The molecule has 1 aliphatic heterocycles. The van der Waals surface area contributed by atoms with E-state index in [4.69, 9.17) is 14.8 Å². The third kappa shape index (κ3) is 6.27. The largest absolute Gasteiger partial charge is 0.491 e. The van der Waals surface area contributed by atoms with Crippen LogP contribution in [0.15, 0.2) is 54.7 Å². The summed E-state index contributed by atoms with van der Waals surface area (Å²) in [5.74, 6) is 1.37. The third-order valence-corrected chi connectivity index (χ3v) is 5.91. The van der Waals surface area contributed by atoms with Crippen LogP contribution in [0, 0.1) is 17.2 Å². The van der Waals surface area contributed by atoms with E-state index in [0.717, 1.165) is 44.0 Å². The predicted molar refractivity (Wildman–Crippen MR) is 138 cm³/mol. The molecule has 0 spiro atoms. The van der Waals surface area contributed by atoms with E-state index in [1.165, 1.54) is 5.69 Å². The van der Waals surface area contributed by atoms with Crippen LogP contribution in [0.4, 0.5) is 17.3 Å². The minimum atomic E-state index is 0.208. The Morgan fingerprint density at radius 2 is 1.86 bits per heavy atom. The minimum absolute atomic E-state index is 0.208. The molecule has 0 unspecified atom stereocenters. The zero-order chi connectivity index (χ0) is 24.6. The van der Waals surface area contributed by atoms with Crippen molar-refractivity contribution in [3.05, 3.63) is 60.3 Å². The number of benzene rings is 2. The number of ether oxygens (including phenoxy) is 1. The molecule has 0 radical (unpaired) electrons. The van der Waals surface area contributed by atoms with Crippen molar-refractivity contribution in [2.24, 2.45) is 5.92 Å². The van der Waals surface area contributed by atoms with Gasteiger partial charge in [0.1, 0.15) is 11.8 Å². The van der Waals surface area contributed by atoms with Gasteiger partial charge in [-0.25, -0.2) is 9.97 Å². The number of hydrogen-bond donors (Lipinski definition) is 2. The molecule has 2 N–H and O–H groups in total. The Bertz CT molecular complexity index is 1150. The van der Waals surface area contributed by atoms with E-state index in [0.29, 0.717) is 35.5 Å². The van der Waals surface area contributed by atoms with Gasteiger partial charge in [-0.3, -0.25) is 4.90 Å². The number of aromatic nitrogens is 2. The number of nitrogens with one attached hydrogen (secondary N) is 1. The van der Waals surface area contributed by atoms with Crippen molar-refractivity contribution in [1.29, 1.82) is 5.26 Å². The molecule has 2 aromatic carbocycles. The van der Waals surface area contributed by atoms with Gasteiger partial charge in [0.05, 0.1) is 24.5 Å². The summed E-state index contributed by atoms with van der Waals surface area (Å²) in [6, 6.07) is 17.8. The highest BCUT2D eigenvalue weighted by atomic mass is 16.5. The number of nitrogens with zero attached hydrogens (tertiary/aromatic N) is 5. The maximum atomic E-state index is 9.57. The summed E-state index contributed by atoms with van der Waals surface area (Å²) in [4.78, 5) is 13.7. The Balaban J connectivity index is 1.47. The lowest BCUT2D eigenvalue weighted by molar-refractivity contribution is 0.189. The summed E-state index contributed by atoms with van der Waals surface area (Å²) >= 11 is 0. The topological polar surface area (TPSA) is 97.5 Å². The predicted octanol–water partition coefficient (Wildman–Crippen LogP) is 3.91. The number of anilines is 3. The second-order valence-electron chi connectivity index (χ2n) is 8.99. The molecule has 35 heavy (non-hydrogen) atoms. The second-order valence-corrected chi connectivity index (χ2v) is 8.99. The molecule has 2 heterocycles. The first-order chi connectivity index (χ1) is 17.1. The van der Waals surface area contributed by atoms with E-state index in [2.05, 4.69) is 52.2 Å². The van der Waals surface area contributed by atoms with Crippen LogP contribution in [0.25, 0.3) is 11.3 Å². The van der Waals surface area contributed by atoms with Crippen LogP contribution in [0.5, 0.6) is 5.75 Å². The van der Waals surface area contributed by atoms with Crippen LogP contribution >= 0.6 is 0 Å². The standard InChI is InChI=1S/C27H32N6O2/c1-20(2)19-35-26-21(18-28)4-3-5-24(26)25-10-11-29-27(31-25)30-22-6-8-23(9-7-22)33-14-12-32(13-15-33)16-17-34/h3-11,20,34H,12-17,19H2,1-2H3,(H,29,30,31). The molecule has 182 valence electrons. The van der Waals surface area contributed by atoms with Crippen LogP contribution in [0.3, 0.4) is 0 Å². The quantitative estimate of drug-likeness (QED) is 0.484. The van der Waals surface area contributed by atoms with E-state index in [-0.39, 0.29) is 6.61 Å². The summed E-state index contributed by atoms with van der Waals surface area (Å²) < 4.78 is 6.00. The van der Waals surface area contributed by atoms with Gasteiger partial charge in [-0.1, -0.05) is 19.9 Å². The summed E-state index contributed by atoms with van der Waals surface area (Å²) in [7, 11) is 0. The Morgan fingerprint density at radius 1 is 1.09 bits per heavy atom. The van der Waals surface area contributed by atoms with E-state index < -0.39 is 0 Å². The molecule has 4 rings (SSSR count). The normalized spacial score (nSPS) is 14.1. The molecule has 0 bridgehead atoms. The lowest BCUT2D eigenvalue weighted by Crippen LogP contribution is -2.47. The molecule has 1 aliphatic rings. The lowest BCUT2D eigenvalue weighted by Gasteiger charge is -2.35. The first-order valence-electron chi connectivity index (χ1n) is 12.0. The van der Waals surface area contributed by atoms with Crippen LogP contribution in [0.1, 0.15) is 19.4 Å². The van der Waals surface area contributed by atoms with E-state index in [1.807, 2.05) is 30.3 Å². The summed E-state index contributed by atoms with van der Waals surface area (Å²) in [5, 5.41) is 22.0. The van der Waals surface area contributed by atoms with Crippen LogP contribution in [-0.2, 0) is 0 Å². The lowest BCUT2D eigenvalue weighted by atomic mass is 10.1. The maximum Gasteiger partial charge on any atom is 0.227 e. The second kappa shape index (κ2) is 11.6. The molecule has 8 nitrogen and oxygen atoms in total. The molecule has 1 aromatic heterocycles. The number of nitriles is 1. The van der Waals surface area contributed by atoms with Crippen molar-refractivity contribution in [1.82, 2.24) is 14.9 Å². The number of para-hydroxylation sites is 1. The van der Waals surface area contributed by atoms with Crippen molar-refractivity contribution in [3.8, 4) is 23.1 Å². The molecule has 1 fully saturated rings. The van der Waals surface area contributed by atoms with Crippen molar-refractivity contribution < 1.29 is 9.84 Å². The van der Waals surface area contributed by atoms with Crippen molar-refractivity contribution in [2.75, 3.05) is 56.2 Å². The van der Waals surface area contributed by atoms with E-state index in [9.17, 15) is 5.26 Å². The van der Waals surface area contributed by atoms with Crippen LogP contribution in [0.2, 0.25) is 0 Å². The molecule has 8 heteroatoms. The first kappa shape index (κ1) is 24.5. The van der Waals surface area contributed by atoms with Crippen LogP contribution < -0.4 is 15.0 Å². The zero-order valence-electron chi connectivity index (χ0n) is 20.3. The van der Waals surface area contributed by atoms with Gasteiger partial charge in [0.25, 0.3) is 0 Å². The van der Waals surface area contributed by atoms with Gasteiger partial charge in [0, 0.05) is 55.9 Å². The zero-order valence-corrected chi connectivity index (χ0v) is 20.3. The first-order valence-corrected chi connectivity index (χ1v) is 12.0. The molecule has 1 saturated heterocycles. The summed E-state index contributed by atoms with van der Waals surface area (Å²) in [6.45, 7) is 9.41. The van der Waals surface area contributed by atoms with E-state index >= 15 is 0 Å². The monoisotopic (exact) mass is 472 g/mol. The highest BCUT2D eigenvalue weighted by Gasteiger charge is 2.17. The van der Waals surface area contributed by atoms with Gasteiger partial charge >= 0.3 is 0 Å². The fourth-order valence-electron chi connectivity index (χ4n) is 4.06. The van der Waals surface area contributed by atoms with Gasteiger partial charge in [-0.05, 0) is 48.4 Å². The van der Waals surface area contributed by atoms with E-state index in [1.54, 1.807) is 12.3 Å². The third-order valence-electron chi connectivity index (χ3n) is 5.91. The molecule has 0 aliphatic carbocycles. The Morgan fingerprint density at radius 3 is 2.54 bits per heavy atom. The summed E-state index contributed by atoms with van der Waals surface area (Å²) in [6.07, 6.45) is 1.70. The van der Waals surface area contributed by atoms with Crippen molar-refractivity contribution >= 4 is 17.3 Å². The minimum Gasteiger partial charge on any atom is -0.491 e. The summed E-state index contributed by atoms with van der Waals surface area (Å²) in [5.41, 5.74) is 4.02. The van der Waals surface area contributed by atoms with Gasteiger partial charge in [0.2, 0.25) is 5.95 Å². The van der Waals surface area contributed by atoms with Crippen LogP contribution in [-0.4, -0.2) is 65.9 Å². The number of rotatable bonds is 9. The highest BCUT2D eigenvalue weighted by molar-refractivity contribution is 5.72. The molecule has 0 amide bonds. The fraction of sp³-hybridized carbons (Fsp3) is 0.370. The Kier molecular flexibility index (Phi) is 8.14. The van der Waals surface area contributed by atoms with Gasteiger partial charge in [-0.2, -0.15) is 5.26 Å². The Hall–Kier alpha value is -3.67.